The molecule has 2 aromatic rings. The number of nitrogens with one attached hydrogen (secondary N) is 1. The zero-order chi connectivity index (χ0) is 13.7. The fourth-order valence-electron chi connectivity index (χ4n) is 1.72. The van der Waals surface area contributed by atoms with Crippen molar-refractivity contribution in [2.24, 2.45) is 0 Å². The van der Waals surface area contributed by atoms with Crippen LogP contribution in [0.25, 0.3) is 0 Å². The van der Waals surface area contributed by atoms with E-state index in [1.807, 2.05) is 30.3 Å². The number of sulfonamides is 1. The summed E-state index contributed by atoms with van der Waals surface area (Å²) in [7, 11) is -3.41. The Labute approximate surface area is 125 Å². The SMILES string of the molecule is O=S(=O)(NC(CBr)Cc1ccccc1)c1cccs1. The summed E-state index contributed by atoms with van der Waals surface area (Å²) >= 11 is 4.59. The molecule has 0 saturated carbocycles. The van der Waals surface area contributed by atoms with Gasteiger partial charge in [-0.3, -0.25) is 0 Å². The molecule has 1 unspecified atom stereocenters. The lowest BCUT2D eigenvalue weighted by Gasteiger charge is -2.15. The lowest BCUT2D eigenvalue weighted by atomic mass is 10.1. The van der Waals surface area contributed by atoms with Crippen LogP contribution in [0.5, 0.6) is 0 Å². The van der Waals surface area contributed by atoms with Gasteiger partial charge in [0, 0.05) is 11.4 Å². The fourth-order valence-corrected chi connectivity index (χ4v) is 4.57. The second kappa shape index (κ2) is 6.65. The lowest BCUT2D eigenvalue weighted by molar-refractivity contribution is 0.564. The minimum Gasteiger partial charge on any atom is -0.206 e. The topological polar surface area (TPSA) is 46.2 Å². The first-order valence-electron chi connectivity index (χ1n) is 5.77. The maximum atomic E-state index is 12.1. The van der Waals surface area contributed by atoms with Gasteiger partial charge in [0.25, 0.3) is 0 Å². The van der Waals surface area contributed by atoms with Gasteiger partial charge >= 0.3 is 0 Å². The molecule has 0 radical (unpaired) electrons. The van der Waals surface area contributed by atoms with Gasteiger partial charge in [-0.05, 0) is 23.4 Å². The first kappa shape index (κ1) is 14.7. The summed E-state index contributed by atoms with van der Waals surface area (Å²) in [5.41, 5.74) is 1.11. The average Bonchev–Trinajstić information content (AvgIpc) is 2.93. The molecule has 0 aliphatic rings. The van der Waals surface area contributed by atoms with Crippen molar-refractivity contribution in [2.75, 3.05) is 5.33 Å². The Morgan fingerprint density at radius 3 is 2.47 bits per heavy atom. The Balaban J connectivity index is 2.08. The highest BCUT2D eigenvalue weighted by atomic mass is 79.9. The maximum absolute atomic E-state index is 12.1. The van der Waals surface area contributed by atoms with Crippen molar-refractivity contribution in [3.05, 3.63) is 53.4 Å². The molecule has 0 amide bonds. The van der Waals surface area contributed by atoms with Gasteiger partial charge in [-0.1, -0.05) is 52.3 Å². The van der Waals surface area contributed by atoms with E-state index in [-0.39, 0.29) is 6.04 Å². The number of benzene rings is 1. The molecule has 19 heavy (non-hydrogen) atoms. The molecule has 0 aliphatic heterocycles. The minimum atomic E-state index is -3.41. The van der Waals surface area contributed by atoms with E-state index in [1.54, 1.807) is 17.5 Å². The molecule has 3 nitrogen and oxygen atoms in total. The van der Waals surface area contributed by atoms with Crippen LogP contribution in [-0.4, -0.2) is 19.8 Å². The standard InChI is InChI=1S/C13H14BrNO2S2/c14-10-12(9-11-5-2-1-3-6-11)15-19(16,17)13-7-4-8-18-13/h1-8,12,15H,9-10H2. The molecule has 1 aromatic carbocycles. The number of hydrogen-bond donors (Lipinski definition) is 1. The van der Waals surface area contributed by atoms with Crippen LogP contribution in [-0.2, 0) is 16.4 Å². The number of hydrogen-bond acceptors (Lipinski definition) is 3. The molecular weight excluding hydrogens is 346 g/mol. The molecule has 102 valence electrons. The van der Waals surface area contributed by atoms with Crippen molar-refractivity contribution >= 4 is 37.3 Å². The van der Waals surface area contributed by atoms with Crippen molar-refractivity contribution in [2.45, 2.75) is 16.7 Å². The van der Waals surface area contributed by atoms with Gasteiger partial charge in [0.05, 0.1) is 0 Å². The van der Waals surface area contributed by atoms with Gasteiger partial charge in [0.1, 0.15) is 4.21 Å². The molecule has 0 bridgehead atoms. The van der Waals surface area contributed by atoms with E-state index in [9.17, 15) is 8.42 Å². The Hall–Kier alpha value is -0.690. The van der Waals surface area contributed by atoms with Crippen molar-refractivity contribution < 1.29 is 8.42 Å². The Bertz CT molecular complexity index is 597. The average molecular weight is 360 g/mol. The van der Waals surface area contributed by atoms with Crippen LogP contribution >= 0.6 is 27.3 Å². The van der Waals surface area contributed by atoms with Gasteiger partial charge in [0.2, 0.25) is 10.0 Å². The van der Waals surface area contributed by atoms with Gasteiger partial charge < -0.3 is 0 Å². The number of alkyl halides is 1. The van der Waals surface area contributed by atoms with Crippen LogP contribution in [0, 0.1) is 0 Å². The third-order valence-corrected chi connectivity index (χ3v) is 6.29. The smallest absolute Gasteiger partial charge is 0.206 e. The molecule has 6 heteroatoms. The Morgan fingerprint density at radius 2 is 1.89 bits per heavy atom. The van der Waals surface area contributed by atoms with Crippen LogP contribution < -0.4 is 4.72 Å². The van der Waals surface area contributed by atoms with E-state index in [4.69, 9.17) is 0 Å². The van der Waals surface area contributed by atoms with Crippen molar-refractivity contribution in [1.82, 2.24) is 4.72 Å². The predicted molar refractivity (Wildman–Crippen MR) is 82.4 cm³/mol. The summed E-state index contributed by atoms with van der Waals surface area (Å²) < 4.78 is 27.3. The van der Waals surface area contributed by atoms with Crippen molar-refractivity contribution in [3.63, 3.8) is 0 Å². The molecular formula is C13H14BrNO2S2. The van der Waals surface area contributed by atoms with Gasteiger partial charge in [-0.2, -0.15) is 0 Å². The molecule has 0 aliphatic carbocycles. The number of rotatable bonds is 6. The van der Waals surface area contributed by atoms with Gasteiger partial charge in [0.15, 0.2) is 0 Å². The number of thiophene rings is 1. The molecule has 1 N–H and O–H groups in total. The molecule has 1 atom stereocenters. The first-order chi connectivity index (χ1) is 9.12. The van der Waals surface area contributed by atoms with E-state index in [0.29, 0.717) is 16.0 Å². The predicted octanol–water partition coefficient (Wildman–Crippen LogP) is 3.03. The van der Waals surface area contributed by atoms with E-state index < -0.39 is 10.0 Å². The van der Waals surface area contributed by atoms with E-state index in [2.05, 4.69) is 20.7 Å². The van der Waals surface area contributed by atoms with E-state index in [0.717, 1.165) is 5.56 Å². The van der Waals surface area contributed by atoms with Crippen molar-refractivity contribution in [3.8, 4) is 0 Å². The Morgan fingerprint density at radius 1 is 1.16 bits per heavy atom. The van der Waals surface area contributed by atoms with E-state index >= 15 is 0 Å². The zero-order valence-corrected chi connectivity index (χ0v) is 13.3. The quantitative estimate of drug-likeness (QED) is 0.805. The second-order valence-electron chi connectivity index (χ2n) is 4.09. The highest BCUT2D eigenvalue weighted by Crippen LogP contribution is 2.17. The van der Waals surface area contributed by atoms with Crippen LogP contribution in [0.1, 0.15) is 5.56 Å². The third kappa shape index (κ3) is 4.14. The zero-order valence-electron chi connectivity index (χ0n) is 10.1. The minimum absolute atomic E-state index is 0.158. The van der Waals surface area contributed by atoms with Gasteiger partial charge in [-0.15, -0.1) is 11.3 Å². The summed E-state index contributed by atoms with van der Waals surface area (Å²) in [6.07, 6.45) is 0.663. The monoisotopic (exact) mass is 359 g/mol. The summed E-state index contributed by atoms with van der Waals surface area (Å²) in [5.74, 6) is 0. The molecule has 0 fully saturated rings. The highest BCUT2D eigenvalue weighted by Gasteiger charge is 2.20. The summed E-state index contributed by atoms with van der Waals surface area (Å²) in [4.78, 5) is 0. The third-order valence-electron chi connectivity index (χ3n) is 2.59. The highest BCUT2D eigenvalue weighted by molar-refractivity contribution is 9.09. The molecule has 2 rings (SSSR count). The van der Waals surface area contributed by atoms with Crippen LogP contribution in [0.15, 0.2) is 52.1 Å². The van der Waals surface area contributed by atoms with Crippen molar-refractivity contribution in [1.29, 1.82) is 0 Å². The van der Waals surface area contributed by atoms with Crippen LogP contribution in [0.4, 0.5) is 0 Å². The lowest BCUT2D eigenvalue weighted by Crippen LogP contribution is -2.37. The largest absolute Gasteiger partial charge is 0.250 e. The maximum Gasteiger partial charge on any atom is 0.250 e. The van der Waals surface area contributed by atoms with Gasteiger partial charge in [-0.25, -0.2) is 13.1 Å². The van der Waals surface area contributed by atoms with E-state index in [1.165, 1.54) is 11.3 Å². The Kier molecular flexibility index (Phi) is 5.15. The summed E-state index contributed by atoms with van der Waals surface area (Å²) in [6.45, 7) is 0. The molecule has 0 spiro atoms. The first-order valence-corrected chi connectivity index (χ1v) is 9.26. The molecule has 1 heterocycles. The van der Waals surface area contributed by atoms with Crippen LogP contribution in [0.3, 0.4) is 0 Å². The van der Waals surface area contributed by atoms with Crippen LogP contribution in [0.2, 0.25) is 0 Å². The fraction of sp³-hybridized carbons (Fsp3) is 0.231. The summed E-state index contributed by atoms with van der Waals surface area (Å²) in [5, 5.41) is 2.33. The second-order valence-corrected chi connectivity index (χ2v) is 7.63. The number of halogens is 1. The summed E-state index contributed by atoms with van der Waals surface area (Å²) in [6, 6.07) is 13.0. The normalized spacial score (nSPS) is 13.3. The molecule has 1 aromatic heterocycles. The molecule has 0 saturated heterocycles.